The Labute approximate surface area is 254 Å². The van der Waals surface area contributed by atoms with Gasteiger partial charge in [-0.05, 0) is 40.8 Å². The van der Waals surface area contributed by atoms with Crippen LogP contribution in [0.25, 0.3) is 0 Å². The molecule has 0 fully saturated rings. The molecule has 3 aromatic carbocycles. The Morgan fingerprint density at radius 3 is 2.21 bits per heavy atom. The Morgan fingerprint density at radius 2 is 1.56 bits per heavy atom. The highest BCUT2D eigenvalue weighted by Crippen LogP contribution is 2.27. The number of likely N-dealkylation sites (N-methyl/N-ethyl adjacent to an activating group) is 1. The van der Waals surface area contributed by atoms with E-state index in [4.69, 9.17) is 9.47 Å². The fourth-order valence-corrected chi connectivity index (χ4v) is 4.74. The molecule has 0 saturated carbocycles. The highest BCUT2D eigenvalue weighted by Gasteiger charge is 2.25. The number of unbranched alkanes of at least 4 members (excludes halogenated alkanes) is 1. The van der Waals surface area contributed by atoms with E-state index >= 15 is 0 Å². The average molecular weight is 581 g/mol. The maximum absolute atomic E-state index is 13.8. The van der Waals surface area contributed by atoms with Gasteiger partial charge in [0.1, 0.15) is 30.5 Å². The summed E-state index contributed by atoms with van der Waals surface area (Å²) in [4.78, 5) is 30.5. The van der Waals surface area contributed by atoms with E-state index in [1.54, 1.807) is 41.1 Å². The van der Waals surface area contributed by atoms with E-state index in [9.17, 15) is 14.7 Å². The Kier molecular flexibility index (Phi) is 11.2. The van der Waals surface area contributed by atoms with Gasteiger partial charge >= 0.3 is 0 Å². The molecule has 0 bridgehead atoms. The van der Waals surface area contributed by atoms with Gasteiger partial charge in [0.05, 0.1) is 5.57 Å². The fraction of sp³-hybridized carbons (Fsp3) is 0.278. The number of hydrogen-bond acceptors (Lipinski definition) is 5. The fourth-order valence-electron chi connectivity index (χ4n) is 4.74. The van der Waals surface area contributed by atoms with Crippen LogP contribution in [0.5, 0.6) is 5.75 Å². The van der Waals surface area contributed by atoms with Crippen molar-refractivity contribution >= 4 is 11.8 Å². The van der Waals surface area contributed by atoms with Gasteiger partial charge in [0.15, 0.2) is 0 Å². The minimum atomic E-state index is -0.244. The van der Waals surface area contributed by atoms with Gasteiger partial charge < -0.3 is 24.4 Å². The highest BCUT2D eigenvalue weighted by molar-refractivity contribution is 5.98. The smallest absolute Gasteiger partial charge is 0.257 e. The molecule has 0 atom stereocenters. The zero-order chi connectivity index (χ0) is 30.6. The summed E-state index contributed by atoms with van der Waals surface area (Å²) in [7, 11) is 1.76. The van der Waals surface area contributed by atoms with Crippen molar-refractivity contribution in [3.8, 4) is 5.75 Å². The van der Waals surface area contributed by atoms with Crippen molar-refractivity contribution in [3.63, 3.8) is 0 Å². The molecule has 3 aromatic rings. The molecular weight excluding hydrogens is 540 g/mol. The third kappa shape index (κ3) is 9.10. The number of phenols is 1. The number of benzene rings is 3. The van der Waals surface area contributed by atoms with Gasteiger partial charge in [0, 0.05) is 39.2 Å². The van der Waals surface area contributed by atoms with Crippen LogP contribution < -0.4 is 0 Å². The molecule has 1 aliphatic heterocycles. The first-order valence-corrected chi connectivity index (χ1v) is 14.6. The second-order valence-electron chi connectivity index (χ2n) is 10.6. The van der Waals surface area contributed by atoms with Gasteiger partial charge in [0.2, 0.25) is 5.91 Å². The number of nitrogens with zero attached hydrogens (tertiary/aromatic N) is 2. The van der Waals surface area contributed by atoms with Crippen molar-refractivity contribution in [2.75, 3.05) is 13.6 Å². The number of phenolic OH excluding ortho intramolecular Hbond substituents is 1. The van der Waals surface area contributed by atoms with Gasteiger partial charge in [-0.3, -0.25) is 9.59 Å². The highest BCUT2D eigenvalue weighted by atomic mass is 16.5. The Bertz CT molecular complexity index is 1460. The second-order valence-corrected chi connectivity index (χ2v) is 10.6. The van der Waals surface area contributed by atoms with E-state index in [1.165, 1.54) is 0 Å². The van der Waals surface area contributed by atoms with Gasteiger partial charge in [-0.1, -0.05) is 92.7 Å². The van der Waals surface area contributed by atoms with Gasteiger partial charge in [-0.25, -0.2) is 0 Å². The molecule has 0 unspecified atom stereocenters. The third-order valence-corrected chi connectivity index (χ3v) is 7.23. The summed E-state index contributed by atoms with van der Waals surface area (Å²) >= 11 is 0. The molecule has 0 saturated heterocycles. The number of hydrogen-bond donors (Lipinski definition) is 1. The van der Waals surface area contributed by atoms with Crippen molar-refractivity contribution in [3.05, 3.63) is 137 Å². The number of aromatic hydroxyl groups is 1. The molecule has 1 heterocycles. The Hall–Kier alpha value is -4.78. The first-order valence-electron chi connectivity index (χ1n) is 14.6. The molecule has 2 amide bonds. The van der Waals surface area contributed by atoms with Crippen LogP contribution in [-0.2, 0) is 45.4 Å². The number of carbonyl (C=O) groups excluding carboxylic acids is 2. The number of rotatable bonds is 14. The molecule has 1 N–H and O–H groups in total. The Balaban J connectivity index is 1.59. The molecule has 7 heteroatoms. The SMILES string of the molecule is C=C(/C=C(OCc1ccccc1)\C(=C/CC(=O)N1Cc2ccc(O)cc2C1)C(=O)N(C)CCCC)OCc1ccccc1. The van der Waals surface area contributed by atoms with Crippen molar-refractivity contribution in [1.82, 2.24) is 9.80 Å². The largest absolute Gasteiger partial charge is 0.508 e. The van der Waals surface area contributed by atoms with Crippen LogP contribution >= 0.6 is 0 Å². The van der Waals surface area contributed by atoms with Crippen molar-refractivity contribution < 1.29 is 24.2 Å². The van der Waals surface area contributed by atoms with Gasteiger partial charge in [-0.2, -0.15) is 0 Å². The summed E-state index contributed by atoms with van der Waals surface area (Å²) in [6.45, 7) is 8.11. The zero-order valence-corrected chi connectivity index (χ0v) is 25.0. The number of ether oxygens (including phenoxy) is 2. The minimum Gasteiger partial charge on any atom is -0.508 e. The van der Waals surface area contributed by atoms with Gasteiger partial charge in [0.25, 0.3) is 5.91 Å². The zero-order valence-electron chi connectivity index (χ0n) is 25.0. The molecule has 224 valence electrons. The van der Waals surface area contributed by atoms with Crippen molar-refractivity contribution in [1.29, 1.82) is 0 Å². The number of carbonyl (C=O) groups is 2. The minimum absolute atomic E-state index is 0.00600. The maximum atomic E-state index is 13.8. The standard InChI is InChI=1S/C36H40N2O5/c1-4-5-20-37(3)36(41)33(18-19-35(40)38-23-30-16-17-32(39)22-31(30)24-38)34(43-26-29-14-10-7-11-15-29)21-27(2)42-25-28-12-8-6-9-13-28/h6-18,21-22,39H,2,4-5,19-20,23-26H2,1,3H3/b33-18+,34-21+. The van der Waals surface area contributed by atoms with E-state index in [0.717, 1.165) is 35.1 Å². The number of amides is 2. The van der Waals surface area contributed by atoms with Crippen molar-refractivity contribution in [2.24, 2.45) is 0 Å². The normalized spacial score (nSPS) is 12.9. The topological polar surface area (TPSA) is 79.3 Å². The molecule has 0 aromatic heterocycles. The van der Waals surface area contributed by atoms with E-state index in [-0.39, 0.29) is 41.9 Å². The lowest BCUT2D eigenvalue weighted by molar-refractivity contribution is -0.130. The van der Waals surface area contributed by atoms with Gasteiger partial charge in [-0.15, -0.1) is 0 Å². The number of allylic oxidation sites excluding steroid dienone is 1. The van der Waals surface area contributed by atoms with Crippen LogP contribution in [0.3, 0.4) is 0 Å². The lowest BCUT2D eigenvalue weighted by Crippen LogP contribution is -2.30. The van der Waals surface area contributed by atoms with E-state index in [2.05, 4.69) is 13.5 Å². The second kappa shape index (κ2) is 15.4. The molecular formula is C36H40N2O5. The summed E-state index contributed by atoms with van der Waals surface area (Å²) in [5, 5.41) is 9.85. The van der Waals surface area contributed by atoms with E-state index in [1.807, 2.05) is 66.7 Å². The molecule has 0 spiro atoms. The lowest BCUT2D eigenvalue weighted by Gasteiger charge is -2.22. The Morgan fingerprint density at radius 1 is 0.930 bits per heavy atom. The molecule has 0 radical (unpaired) electrons. The summed E-state index contributed by atoms with van der Waals surface area (Å²) in [6, 6.07) is 24.6. The maximum Gasteiger partial charge on any atom is 0.257 e. The summed E-state index contributed by atoms with van der Waals surface area (Å²) in [6.07, 6.45) is 5.07. The van der Waals surface area contributed by atoms with Crippen LogP contribution in [0.1, 0.15) is 48.4 Å². The summed E-state index contributed by atoms with van der Waals surface area (Å²) < 4.78 is 12.2. The molecule has 0 aliphatic carbocycles. The van der Waals surface area contributed by atoms with E-state index < -0.39 is 0 Å². The third-order valence-electron chi connectivity index (χ3n) is 7.23. The first-order chi connectivity index (χ1) is 20.8. The first kappa shape index (κ1) is 31.2. The summed E-state index contributed by atoms with van der Waals surface area (Å²) in [5.41, 5.74) is 4.13. The predicted molar refractivity (Wildman–Crippen MR) is 167 cm³/mol. The van der Waals surface area contributed by atoms with Crippen LogP contribution in [0, 0.1) is 0 Å². The average Bonchev–Trinajstić information content (AvgIpc) is 3.45. The molecule has 4 rings (SSSR count). The molecule has 43 heavy (non-hydrogen) atoms. The van der Waals surface area contributed by atoms with Crippen LogP contribution in [0.15, 0.2) is 115 Å². The van der Waals surface area contributed by atoms with Crippen molar-refractivity contribution in [2.45, 2.75) is 52.5 Å². The number of fused-ring (bicyclic) bond motifs is 1. The van der Waals surface area contributed by atoms with E-state index in [0.29, 0.717) is 32.0 Å². The quantitative estimate of drug-likeness (QED) is 0.131. The summed E-state index contributed by atoms with van der Waals surface area (Å²) in [5.74, 6) is 0.432. The van der Waals surface area contributed by atoms with Crippen LogP contribution in [0.4, 0.5) is 0 Å². The van der Waals surface area contributed by atoms with Crippen LogP contribution in [0.2, 0.25) is 0 Å². The lowest BCUT2D eigenvalue weighted by atomic mass is 10.1. The monoisotopic (exact) mass is 580 g/mol. The predicted octanol–water partition coefficient (Wildman–Crippen LogP) is 6.64. The molecule has 1 aliphatic rings. The van der Waals surface area contributed by atoms with Crippen LogP contribution in [-0.4, -0.2) is 40.3 Å². The molecule has 7 nitrogen and oxygen atoms in total.